The monoisotopic (exact) mass is 221 g/mol. The van der Waals surface area contributed by atoms with Gasteiger partial charge in [-0.2, -0.15) is 0 Å². The second kappa shape index (κ2) is 5.07. The molecule has 1 aromatic rings. The van der Waals surface area contributed by atoms with Gasteiger partial charge in [0.2, 0.25) is 5.91 Å². The number of carbonyl (C=O) groups is 1. The van der Waals surface area contributed by atoms with Crippen LogP contribution < -0.4 is 11.1 Å². The minimum absolute atomic E-state index is 0.0268. The molecule has 4 heteroatoms. The van der Waals surface area contributed by atoms with Gasteiger partial charge < -0.3 is 11.1 Å². The van der Waals surface area contributed by atoms with Crippen molar-refractivity contribution in [1.29, 1.82) is 0 Å². The molecule has 0 fully saturated rings. The van der Waals surface area contributed by atoms with Gasteiger partial charge in [0.05, 0.1) is 6.42 Å². The van der Waals surface area contributed by atoms with Gasteiger partial charge in [0.25, 0.3) is 0 Å². The first-order chi connectivity index (χ1) is 7.43. The van der Waals surface area contributed by atoms with E-state index in [2.05, 4.69) is 10.3 Å². The van der Waals surface area contributed by atoms with Crippen molar-refractivity contribution in [3.8, 4) is 0 Å². The minimum atomic E-state index is -0.352. The van der Waals surface area contributed by atoms with Gasteiger partial charge in [-0.05, 0) is 32.4 Å². The smallest absolute Gasteiger partial charge is 0.224 e. The molecular formula is C12H19N3O. The van der Waals surface area contributed by atoms with Crippen molar-refractivity contribution in [3.05, 3.63) is 29.6 Å². The van der Waals surface area contributed by atoms with Gasteiger partial charge in [-0.3, -0.25) is 9.78 Å². The molecule has 0 aromatic carbocycles. The van der Waals surface area contributed by atoms with E-state index in [0.29, 0.717) is 13.0 Å². The van der Waals surface area contributed by atoms with E-state index in [1.165, 1.54) is 0 Å². The predicted molar refractivity (Wildman–Crippen MR) is 64.0 cm³/mol. The Bertz CT molecular complexity index is 357. The highest BCUT2D eigenvalue weighted by atomic mass is 16.1. The number of aromatic nitrogens is 1. The van der Waals surface area contributed by atoms with Crippen molar-refractivity contribution in [2.45, 2.75) is 32.7 Å². The first-order valence-electron chi connectivity index (χ1n) is 5.35. The third-order valence-electron chi connectivity index (χ3n) is 2.33. The lowest BCUT2D eigenvalue weighted by molar-refractivity contribution is -0.121. The van der Waals surface area contributed by atoms with Crippen molar-refractivity contribution in [1.82, 2.24) is 10.3 Å². The largest absolute Gasteiger partial charge is 0.350 e. The fourth-order valence-corrected chi connectivity index (χ4v) is 1.26. The molecule has 3 N–H and O–H groups in total. The van der Waals surface area contributed by atoms with Crippen LogP contribution in [0.3, 0.4) is 0 Å². The Labute approximate surface area is 96.3 Å². The summed E-state index contributed by atoms with van der Waals surface area (Å²) in [7, 11) is 0. The second-order valence-corrected chi connectivity index (χ2v) is 4.62. The Balaban J connectivity index is 2.55. The number of hydrogen-bond donors (Lipinski definition) is 2. The maximum absolute atomic E-state index is 11.7. The lowest BCUT2D eigenvalue weighted by atomic mass is 10.1. The van der Waals surface area contributed by atoms with Gasteiger partial charge >= 0.3 is 0 Å². The first-order valence-corrected chi connectivity index (χ1v) is 5.35. The molecule has 88 valence electrons. The Hall–Kier alpha value is -1.42. The predicted octanol–water partition coefficient (Wildman–Crippen LogP) is 0.786. The number of aryl methyl sites for hydroxylation is 1. The zero-order chi connectivity index (χ0) is 12.2. The van der Waals surface area contributed by atoms with Gasteiger partial charge in [-0.1, -0.05) is 6.07 Å². The van der Waals surface area contributed by atoms with E-state index in [1.807, 2.05) is 32.9 Å². The van der Waals surface area contributed by atoms with E-state index in [1.54, 1.807) is 6.20 Å². The maximum atomic E-state index is 11.7. The molecule has 1 amide bonds. The first kappa shape index (κ1) is 12.6. The fraction of sp³-hybridized carbons (Fsp3) is 0.500. The molecule has 0 aliphatic heterocycles. The molecule has 0 aliphatic rings. The van der Waals surface area contributed by atoms with Crippen LogP contribution in [0.5, 0.6) is 0 Å². The van der Waals surface area contributed by atoms with Gasteiger partial charge in [-0.25, -0.2) is 0 Å². The number of nitrogens with zero attached hydrogens (tertiary/aromatic N) is 1. The van der Waals surface area contributed by atoms with E-state index >= 15 is 0 Å². The zero-order valence-electron chi connectivity index (χ0n) is 10.1. The summed E-state index contributed by atoms with van der Waals surface area (Å²) in [6, 6.07) is 3.81. The molecule has 1 heterocycles. The minimum Gasteiger partial charge on any atom is -0.350 e. The number of nitrogens with two attached hydrogens (primary N) is 1. The number of hydrogen-bond acceptors (Lipinski definition) is 3. The summed E-state index contributed by atoms with van der Waals surface area (Å²) in [4.78, 5) is 15.8. The van der Waals surface area contributed by atoms with Crippen molar-refractivity contribution in [3.63, 3.8) is 0 Å². The Morgan fingerprint density at radius 3 is 2.69 bits per heavy atom. The molecule has 0 saturated heterocycles. The standard InChI is InChI=1S/C12H19N3O/c1-9-4-5-10(7-14-9)6-11(16)15-12(2,3)8-13/h4-5,7H,6,8,13H2,1-3H3,(H,15,16). The summed E-state index contributed by atoms with van der Waals surface area (Å²) in [6.45, 7) is 6.14. The number of pyridine rings is 1. The zero-order valence-corrected chi connectivity index (χ0v) is 10.1. The second-order valence-electron chi connectivity index (χ2n) is 4.62. The lowest BCUT2D eigenvalue weighted by Crippen LogP contribution is -2.49. The van der Waals surface area contributed by atoms with Gasteiger partial charge in [0.15, 0.2) is 0 Å². The van der Waals surface area contributed by atoms with E-state index < -0.39 is 0 Å². The molecule has 0 bridgehead atoms. The quantitative estimate of drug-likeness (QED) is 0.789. The average molecular weight is 221 g/mol. The van der Waals surface area contributed by atoms with Crippen molar-refractivity contribution in [2.24, 2.45) is 5.73 Å². The van der Waals surface area contributed by atoms with E-state index in [-0.39, 0.29) is 11.4 Å². The third kappa shape index (κ3) is 3.98. The molecule has 4 nitrogen and oxygen atoms in total. The van der Waals surface area contributed by atoms with Crippen LogP contribution in [0, 0.1) is 6.92 Å². The van der Waals surface area contributed by atoms with Crippen molar-refractivity contribution in [2.75, 3.05) is 6.54 Å². The average Bonchev–Trinajstić information content (AvgIpc) is 2.21. The Morgan fingerprint density at radius 1 is 1.50 bits per heavy atom. The Morgan fingerprint density at radius 2 is 2.19 bits per heavy atom. The van der Waals surface area contributed by atoms with Crippen LogP contribution in [0.2, 0.25) is 0 Å². The highest BCUT2D eigenvalue weighted by Gasteiger charge is 2.18. The van der Waals surface area contributed by atoms with Crippen LogP contribution in [-0.2, 0) is 11.2 Å². The number of rotatable bonds is 4. The van der Waals surface area contributed by atoms with Crippen molar-refractivity contribution < 1.29 is 4.79 Å². The summed E-state index contributed by atoms with van der Waals surface area (Å²) in [5.41, 5.74) is 7.05. The number of nitrogens with one attached hydrogen (secondary N) is 1. The molecule has 0 aliphatic carbocycles. The molecule has 0 saturated carbocycles. The van der Waals surface area contributed by atoms with Crippen LogP contribution >= 0.6 is 0 Å². The molecule has 0 atom stereocenters. The number of carbonyl (C=O) groups excluding carboxylic acids is 1. The Kier molecular flexibility index (Phi) is 4.01. The summed E-state index contributed by atoms with van der Waals surface area (Å²) in [6.07, 6.45) is 2.07. The molecule has 0 spiro atoms. The molecule has 1 aromatic heterocycles. The highest BCUT2D eigenvalue weighted by Crippen LogP contribution is 2.03. The molecule has 1 rings (SSSR count). The van der Waals surface area contributed by atoms with Crippen LogP contribution in [0.4, 0.5) is 0 Å². The maximum Gasteiger partial charge on any atom is 0.224 e. The normalized spacial score (nSPS) is 11.2. The molecule has 16 heavy (non-hydrogen) atoms. The van der Waals surface area contributed by atoms with Crippen LogP contribution in [0.25, 0.3) is 0 Å². The van der Waals surface area contributed by atoms with Crippen LogP contribution in [0.15, 0.2) is 18.3 Å². The topological polar surface area (TPSA) is 68.0 Å². The third-order valence-corrected chi connectivity index (χ3v) is 2.33. The summed E-state index contributed by atoms with van der Waals surface area (Å²) < 4.78 is 0. The van der Waals surface area contributed by atoms with Gasteiger partial charge in [-0.15, -0.1) is 0 Å². The SMILES string of the molecule is Cc1ccc(CC(=O)NC(C)(C)CN)cn1. The summed E-state index contributed by atoms with van der Waals surface area (Å²) >= 11 is 0. The summed E-state index contributed by atoms with van der Waals surface area (Å²) in [5, 5.41) is 2.88. The molecular weight excluding hydrogens is 202 g/mol. The molecule has 0 unspecified atom stereocenters. The van der Waals surface area contributed by atoms with Crippen molar-refractivity contribution >= 4 is 5.91 Å². The van der Waals surface area contributed by atoms with E-state index in [4.69, 9.17) is 5.73 Å². The molecule has 0 radical (unpaired) electrons. The van der Waals surface area contributed by atoms with Gasteiger partial charge in [0, 0.05) is 24.0 Å². The lowest BCUT2D eigenvalue weighted by Gasteiger charge is -2.24. The van der Waals surface area contributed by atoms with E-state index in [9.17, 15) is 4.79 Å². The van der Waals surface area contributed by atoms with Crippen LogP contribution in [-0.4, -0.2) is 23.0 Å². The number of amides is 1. The highest BCUT2D eigenvalue weighted by molar-refractivity contribution is 5.79. The van der Waals surface area contributed by atoms with E-state index in [0.717, 1.165) is 11.3 Å². The van der Waals surface area contributed by atoms with Gasteiger partial charge in [0.1, 0.15) is 0 Å². The van der Waals surface area contributed by atoms with Crippen LogP contribution in [0.1, 0.15) is 25.1 Å². The fourth-order valence-electron chi connectivity index (χ4n) is 1.26. The summed E-state index contributed by atoms with van der Waals surface area (Å²) in [5.74, 6) is -0.0268.